The molecule has 0 unspecified atom stereocenters. The second-order valence-electron chi connectivity index (χ2n) is 5.40. The Morgan fingerprint density at radius 2 is 1.88 bits per heavy atom. The number of aromatic hydroxyl groups is 1. The predicted octanol–water partition coefficient (Wildman–Crippen LogP) is -0.444. The zero-order chi connectivity index (χ0) is 16.1. The van der Waals surface area contributed by atoms with E-state index in [1.165, 1.54) is 12.1 Å². The Morgan fingerprint density at radius 3 is 2.58 bits per heavy atom. The number of hydrogen-bond acceptors (Lipinski definition) is 4. The molecule has 0 fully saturated rings. The van der Waals surface area contributed by atoms with E-state index in [9.17, 15) is 15.0 Å². The maximum Gasteiger partial charge on any atom is 1.00 e. The van der Waals surface area contributed by atoms with E-state index in [-0.39, 0.29) is 62.7 Å². The van der Waals surface area contributed by atoms with Gasteiger partial charge in [-0.1, -0.05) is 12.1 Å². The molecule has 0 aliphatic heterocycles. The van der Waals surface area contributed by atoms with Crippen molar-refractivity contribution in [2.24, 2.45) is 0 Å². The first-order chi connectivity index (χ1) is 11.1. The average molecular weight is 345 g/mol. The Kier molecular flexibility index (Phi) is 4.59. The fourth-order valence-electron chi connectivity index (χ4n) is 3.00. The van der Waals surface area contributed by atoms with E-state index in [4.69, 9.17) is 4.74 Å². The van der Waals surface area contributed by atoms with Gasteiger partial charge in [0.05, 0.1) is 18.6 Å². The summed E-state index contributed by atoms with van der Waals surface area (Å²) in [5.74, 6) is -0.944. The summed E-state index contributed by atoms with van der Waals surface area (Å²) >= 11 is 0. The van der Waals surface area contributed by atoms with Crippen LogP contribution in [0.15, 0.2) is 42.5 Å². The molecule has 24 heavy (non-hydrogen) atoms. The molecule has 0 atom stereocenters. The standard InChI is InChI=1S/C18H13NO4.K/c1-23-10-3-5-15-13(7-10)11-4-2-9-6-14(18(21)22)16(20)8-12(9)17(11)19-15;/h2-8,19-20H,1H3,(H,21,22);/q;+1/p-1. The molecular formula is C18H12KNO4. The summed E-state index contributed by atoms with van der Waals surface area (Å²) in [7, 11) is 1.62. The van der Waals surface area contributed by atoms with Gasteiger partial charge in [0.25, 0.3) is 0 Å². The number of benzene rings is 3. The quantitative estimate of drug-likeness (QED) is 0.482. The van der Waals surface area contributed by atoms with Crippen LogP contribution in [0.4, 0.5) is 0 Å². The first-order valence-corrected chi connectivity index (χ1v) is 7.05. The zero-order valence-corrected chi connectivity index (χ0v) is 16.3. The summed E-state index contributed by atoms with van der Waals surface area (Å²) in [6.45, 7) is 0. The molecule has 2 N–H and O–H groups in total. The van der Waals surface area contributed by atoms with Gasteiger partial charge in [0.15, 0.2) is 0 Å². The number of fused-ring (bicyclic) bond motifs is 5. The number of aromatic carboxylic acids is 1. The van der Waals surface area contributed by atoms with Crippen molar-refractivity contribution in [2.45, 2.75) is 0 Å². The normalized spacial score (nSPS) is 10.9. The molecule has 0 amide bonds. The number of aromatic nitrogens is 1. The van der Waals surface area contributed by atoms with Crippen LogP contribution in [0.5, 0.6) is 11.5 Å². The SMILES string of the molecule is COc1ccc2[nH]c3c4cc(O)c(C(=O)[O-])cc4ccc3c2c1.[K+]. The van der Waals surface area contributed by atoms with Crippen molar-refractivity contribution in [3.05, 3.63) is 48.0 Å². The third-order valence-electron chi connectivity index (χ3n) is 4.13. The average Bonchev–Trinajstić information content (AvgIpc) is 2.92. The number of aromatic amines is 1. The summed E-state index contributed by atoms with van der Waals surface area (Å²) < 4.78 is 5.26. The fourth-order valence-corrected chi connectivity index (χ4v) is 3.00. The van der Waals surface area contributed by atoms with Crippen LogP contribution in [-0.4, -0.2) is 23.2 Å². The van der Waals surface area contributed by atoms with Crippen molar-refractivity contribution in [1.29, 1.82) is 0 Å². The van der Waals surface area contributed by atoms with Gasteiger partial charge < -0.3 is 24.7 Å². The Morgan fingerprint density at radius 1 is 1.08 bits per heavy atom. The summed E-state index contributed by atoms with van der Waals surface area (Å²) in [6.07, 6.45) is 0. The smallest absolute Gasteiger partial charge is 0.545 e. The van der Waals surface area contributed by atoms with E-state index >= 15 is 0 Å². The topological polar surface area (TPSA) is 85.4 Å². The Balaban J connectivity index is 0.00000169. The molecule has 0 saturated heterocycles. The molecule has 4 aromatic rings. The third-order valence-corrected chi connectivity index (χ3v) is 4.13. The van der Waals surface area contributed by atoms with Crippen molar-refractivity contribution in [1.82, 2.24) is 4.98 Å². The molecule has 0 aliphatic carbocycles. The van der Waals surface area contributed by atoms with Gasteiger partial charge in [0, 0.05) is 27.2 Å². The molecule has 4 rings (SSSR count). The molecule has 1 heterocycles. The molecule has 1 aromatic heterocycles. The Hall–Kier alpha value is -1.57. The minimum atomic E-state index is -1.40. The van der Waals surface area contributed by atoms with Crippen molar-refractivity contribution in [2.75, 3.05) is 7.11 Å². The van der Waals surface area contributed by atoms with Crippen molar-refractivity contribution in [3.63, 3.8) is 0 Å². The fraction of sp³-hybridized carbons (Fsp3) is 0.0556. The predicted molar refractivity (Wildman–Crippen MR) is 85.9 cm³/mol. The number of carbonyl (C=O) groups is 1. The number of hydrogen-bond donors (Lipinski definition) is 2. The summed E-state index contributed by atoms with van der Waals surface area (Å²) in [5, 5.41) is 24.4. The number of phenols is 1. The monoisotopic (exact) mass is 345 g/mol. The molecule has 6 heteroatoms. The number of rotatable bonds is 2. The van der Waals surface area contributed by atoms with Gasteiger partial charge in [-0.2, -0.15) is 0 Å². The van der Waals surface area contributed by atoms with Crippen LogP contribution in [-0.2, 0) is 0 Å². The number of carboxylic acids is 1. The molecule has 0 saturated carbocycles. The van der Waals surface area contributed by atoms with Gasteiger partial charge in [0.2, 0.25) is 0 Å². The minimum absolute atomic E-state index is 0. The van der Waals surface area contributed by atoms with Gasteiger partial charge in [-0.15, -0.1) is 0 Å². The van der Waals surface area contributed by atoms with E-state index in [2.05, 4.69) is 4.98 Å². The number of methoxy groups -OCH3 is 1. The second-order valence-corrected chi connectivity index (χ2v) is 5.40. The van der Waals surface area contributed by atoms with Gasteiger partial charge in [-0.05, 0) is 35.7 Å². The number of carboxylic acid groups (broad SMARTS) is 1. The van der Waals surface area contributed by atoms with E-state index < -0.39 is 5.97 Å². The van der Waals surface area contributed by atoms with Gasteiger partial charge >= 0.3 is 51.4 Å². The molecule has 0 radical (unpaired) electrons. The van der Waals surface area contributed by atoms with Gasteiger partial charge in [-0.25, -0.2) is 0 Å². The summed E-state index contributed by atoms with van der Waals surface area (Å²) in [6, 6.07) is 12.4. The minimum Gasteiger partial charge on any atom is -0.545 e. The number of carbonyl (C=O) groups excluding carboxylic acids is 1. The van der Waals surface area contributed by atoms with Gasteiger partial charge in [-0.3, -0.25) is 0 Å². The van der Waals surface area contributed by atoms with E-state index in [0.29, 0.717) is 5.39 Å². The molecule has 0 bridgehead atoms. The largest absolute Gasteiger partial charge is 1.00 e. The maximum atomic E-state index is 11.0. The van der Waals surface area contributed by atoms with Crippen molar-refractivity contribution in [3.8, 4) is 11.5 Å². The molecular weight excluding hydrogens is 333 g/mol. The van der Waals surface area contributed by atoms with E-state index in [1.807, 2.05) is 30.3 Å². The maximum absolute atomic E-state index is 11.0. The summed E-state index contributed by atoms with van der Waals surface area (Å²) in [5.41, 5.74) is 1.57. The van der Waals surface area contributed by atoms with E-state index in [0.717, 1.165) is 32.9 Å². The molecule has 0 spiro atoms. The molecule has 114 valence electrons. The second kappa shape index (κ2) is 6.38. The number of nitrogens with one attached hydrogen (secondary N) is 1. The Labute approximate surface area is 179 Å². The zero-order valence-electron chi connectivity index (χ0n) is 13.2. The number of ether oxygens (including phenoxy) is 1. The molecule has 3 aromatic carbocycles. The van der Waals surface area contributed by atoms with E-state index in [1.54, 1.807) is 7.11 Å². The Bertz CT molecular complexity index is 1100. The van der Waals surface area contributed by atoms with Gasteiger partial charge in [0.1, 0.15) is 11.5 Å². The number of H-pyrrole nitrogens is 1. The van der Waals surface area contributed by atoms with Crippen LogP contribution in [0.2, 0.25) is 0 Å². The third kappa shape index (κ3) is 2.60. The van der Waals surface area contributed by atoms with Crippen molar-refractivity contribution >= 4 is 38.5 Å². The van der Waals surface area contributed by atoms with Crippen molar-refractivity contribution < 1.29 is 71.1 Å². The van der Waals surface area contributed by atoms with Crippen LogP contribution in [0.3, 0.4) is 0 Å². The first kappa shape index (κ1) is 17.3. The summed E-state index contributed by atoms with van der Waals surface area (Å²) in [4.78, 5) is 14.4. The van der Waals surface area contributed by atoms with Crippen LogP contribution >= 0.6 is 0 Å². The van der Waals surface area contributed by atoms with Crippen LogP contribution in [0.25, 0.3) is 32.6 Å². The molecule has 5 nitrogen and oxygen atoms in total. The van der Waals surface area contributed by atoms with Crippen LogP contribution in [0.1, 0.15) is 10.4 Å². The first-order valence-electron chi connectivity index (χ1n) is 7.05. The molecule has 0 aliphatic rings. The van der Waals surface area contributed by atoms with Crippen LogP contribution < -0.4 is 61.2 Å². The van der Waals surface area contributed by atoms with Crippen LogP contribution in [0, 0.1) is 0 Å².